The normalized spacial score (nSPS) is 21.9. The lowest BCUT2D eigenvalue weighted by atomic mass is 9.75. The quantitative estimate of drug-likeness (QED) is 0.667. The van der Waals surface area contributed by atoms with Crippen LogP contribution in [-0.4, -0.2) is 15.9 Å². The Kier molecular flexibility index (Phi) is 3.73. The summed E-state index contributed by atoms with van der Waals surface area (Å²) < 4.78 is 0. The number of rotatable bonds is 3. The summed E-state index contributed by atoms with van der Waals surface area (Å²) in [5.41, 5.74) is 1.10. The van der Waals surface area contributed by atoms with Crippen molar-refractivity contribution < 1.29 is 4.92 Å². The first-order valence-corrected chi connectivity index (χ1v) is 6.75. The van der Waals surface area contributed by atoms with Gasteiger partial charge in [-0.2, -0.15) is 0 Å². The maximum absolute atomic E-state index is 10.8. The summed E-state index contributed by atoms with van der Waals surface area (Å²) in [6.07, 6.45) is 6.08. The third-order valence-corrected chi connectivity index (χ3v) is 3.84. The standard InChI is InChI=1S/C14H21N3O2/c1-10-7-13(15-9-12(10)17(18)19)16-11-5-4-6-14(2,3)8-11/h7,9,11H,4-6,8H2,1-3H3,(H,15,16). The molecule has 0 spiro atoms. The van der Waals surface area contributed by atoms with Crippen LogP contribution in [0.15, 0.2) is 12.3 Å². The zero-order valence-electron chi connectivity index (χ0n) is 11.8. The fraction of sp³-hybridized carbons (Fsp3) is 0.643. The van der Waals surface area contributed by atoms with Crippen molar-refractivity contribution in [2.45, 2.75) is 52.5 Å². The molecule has 0 aliphatic heterocycles. The highest BCUT2D eigenvalue weighted by molar-refractivity contribution is 5.47. The topological polar surface area (TPSA) is 68.1 Å². The molecule has 0 amide bonds. The first kappa shape index (κ1) is 13.8. The van der Waals surface area contributed by atoms with Crippen LogP contribution in [0.1, 0.15) is 45.1 Å². The Morgan fingerprint density at radius 3 is 2.84 bits per heavy atom. The zero-order valence-corrected chi connectivity index (χ0v) is 11.8. The molecule has 2 rings (SSSR count). The molecule has 0 radical (unpaired) electrons. The molecule has 1 aromatic rings. The summed E-state index contributed by atoms with van der Waals surface area (Å²) in [6, 6.07) is 2.18. The van der Waals surface area contributed by atoms with E-state index < -0.39 is 4.92 Å². The van der Waals surface area contributed by atoms with Gasteiger partial charge in [-0.05, 0) is 37.7 Å². The van der Waals surface area contributed by atoms with E-state index in [1.54, 1.807) is 13.0 Å². The van der Waals surface area contributed by atoms with Crippen molar-refractivity contribution in [1.82, 2.24) is 4.98 Å². The third kappa shape index (κ3) is 3.43. The molecule has 1 atom stereocenters. The summed E-state index contributed by atoms with van der Waals surface area (Å²) in [7, 11) is 0. The van der Waals surface area contributed by atoms with Crippen molar-refractivity contribution in [2.75, 3.05) is 5.32 Å². The average Bonchev–Trinajstić information content (AvgIpc) is 2.27. The summed E-state index contributed by atoms with van der Waals surface area (Å²) in [5.74, 6) is 0.741. The van der Waals surface area contributed by atoms with Gasteiger partial charge in [0, 0.05) is 11.6 Å². The van der Waals surface area contributed by atoms with E-state index in [1.165, 1.54) is 19.0 Å². The molecule has 5 heteroatoms. The van der Waals surface area contributed by atoms with Gasteiger partial charge >= 0.3 is 0 Å². The minimum atomic E-state index is -0.393. The van der Waals surface area contributed by atoms with Crippen LogP contribution >= 0.6 is 0 Å². The van der Waals surface area contributed by atoms with Crippen LogP contribution in [0.3, 0.4) is 0 Å². The average molecular weight is 263 g/mol. The Labute approximate surface area is 113 Å². The van der Waals surface area contributed by atoms with E-state index in [0.29, 0.717) is 17.0 Å². The smallest absolute Gasteiger partial charge is 0.290 e. The second-order valence-corrected chi connectivity index (χ2v) is 6.21. The van der Waals surface area contributed by atoms with Gasteiger partial charge in [0.2, 0.25) is 0 Å². The fourth-order valence-electron chi connectivity index (χ4n) is 2.85. The van der Waals surface area contributed by atoms with Crippen LogP contribution in [0.25, 0.3) is 0 Å². The number of hydrogen-bond acceptors (Lipinski definition) is 4. The molecule has 1 aliphatic rings. The van der Waals surface area contributed by atoms with Crippen molar-refractivity contribution in [3.05, 3.63) is 27.9 Å². The van der Waals surface area contributed by atoms with E-state index in [4.69, 9.17) is 0 Å². The number of hydrogen-bond donors (Lipinski definition) is 1. The first-order valence-electron chi connectivity index (χ1n) is 6.75. The number of anilines is 1. The fourth-order valence-corrected chi connectivity index (χ4v) is 2.85. The number of nitrogens with zero attached hydrogens (tertiary/aromatic N) is 2. The van der Waals surface area contributed by atoms with Gasteiger partial charge in [0.05, 0.1) is 4.92 Å². The van der Waals surface area contributed by atoms with Gasteiger partial charge in [0.1, 0.15) is 12.0 Å². The maximum Gasteiger partial charge on any atom is 0.290 e. The number of aryl methyl sites for hydroxylation is 1. The van der Waals surface area contributed by atoms with Gasteiger partial charge in [-0.15, -0.1) is 0 Å². The van der Waals surface area contributed by atoms with Gasteiger partial charge in [-0.25, -0.2) is 4.98 Å². The zero-order chi connectivity index (χ0) is 14.0. The molecule has 1 fully saturated rings. The molecule has 0 bridgehead atoms. The molecule has 104 valence electrons. The molecule has 1 aliphatic carbocycles. The van der Waals surface area contributed by atoms with Crippen LogP contribution in [0, 0.1) is 22.5 Å². The van der Waals surface area contributed by atoms with Crippen molar-refractivity contribution in [3.8, 4) is 0 Å². The largest absolute Gasteiger partial charge is 0.367 e. The van der Waals surface area contributed by atoms with E-state index in [9.17, 15) is 10.1 Å². The Bertz CT molecular complexity index is 486. The SMILES string of the molecule is Cc1cc(NC2CCCC(C)(C)C2)ncc1[N+](=O)[O-]. The first-order chi connectivity index (χ1) is 8.87. The summed E-state index contributed by atoms with van der Waals surface area (Å²) in [6.45, 7) is 6.32. The molecular formula is C14H21N3O2. The van der Waals surface area contributed by atoms with Gasteiger partial charge in [-0.1, -0.05) is 20.3 Å². The van der Waals surface area contributed by atoms with Gasteiger partial charge in [0.25, 0.3) is 5.69 Å². The van der Waals surface area contributed by atoms with E-state index in [2.05, 4.69) is 24.1 Å². The van der Waals surface area contributed by atoms with Crippen molar-refractivity contribution in [3.63, 3.8) is 0 Å². The lowest BCUT2D eigenvalue weighted by Crippen LogP contribution is -2.32. The van der Waals surface area contributed by atoms with Crippen molar-refractivity contribution >= 4 is 11.5 Å². The predicted molar refractivity (Wildman–Crippen MR) is 75.3 cm³/mol. The molecule has 1 unspecified atom stereocenters. The number of aromatic nitrogens is 1. The predicted octanol–water partition coefficient (Wildman–Crippen LogP) is 3.68. The van der Waals surface area contributed by atoms with E-state index >= 15 is 0 Å². The Balaban J connectivity index is 2.07. The van der Waals surface area contributed by atoms with E-state index in [0.717, 1.165) is 18.7 Å². The lowest BCUT2D eigenvalue weighted by Gasteiger charge is -2.35. The van der Waals surface area contributed by atoms with Gasteiger partial charge in [-0.3, -0.25) is 10.1 Å². The van der Waals surface area contributed by atoms with Crippen LogP contribution in [0.5, 0.6) is 0 Å². The molecule has 1 aromatic heterocycles. The van der Waals surface area contributed by atoms with E-state index in [1.807, 2.05) is 0 Å². The van der Waals surface area contributed by atoms with Gasteiger partial charge < -0.3 is 5.32 Å². The molecule has 1 saturated carbocycles. The minimum absolute atomic E-state index is 0.0783. The molecule has 1 heterocycles. The summed E-state index contributed by atoms with van der Waals surface area (Å²) >= 11 is 0. The van der Waals surface area contributed by atoms with Crippen LogP contribution in [0.4, 0.5) is 11.5 Å². The molecular weight excluding hydrogens is 242 g/mol. The highest BCUT2D eigenvalue weighted by Gasteiger charge is 2.28. The van der Waals surface area contributed by atoms with Crippen LogP contribution in [0.2, 0.25) is 0 Å². The van der Waals surface area contributed by atoms with Crippen LogP contribution < -0.4 is 5.32 Å². The summed E-state index contributed by atoms with van der Waals surface area (Å²) in [4.78, 5) is 14.5. The van der Waals surface area contributed by atoms with Crippen LogP contribution in [-0.2, 0) is 0 Å². The third-order valence-electron chi connectivity index (χ3n) is 3.84. The maximum atomic E-state index is 10.8. The molecule has 0 aromatic carbocycles. The van der Waals surface area contributed by atoms with Crippen molar-refractivity contribution in [1.29, 1.82) is 0 Å². The second-order valence-electron chi connectivity index (χ2n) is 6.21. The summed E-state index contributed by atoms with van der Waals surface area (Å²) in [5, 5.41) is 14.2. The second kappa shape index (κ2) is 5.15. The number of nitro groups is 1. The molecule has 19 heavy (non-hydrogen) atoms. The molecule has 0 saturated heterocycles. The molecule has 5 nitrogen and oxygen atoms in total. The molecule has 1 N–H and O–H groups in total. The number of nitrogens with one attached hydrogen (secondary N) is 1. The van der Waals surface area contributed by atoms with Crippen molar-refractivity contribution in [2.24, 2.45) is 5.41 Å². The number of pyridine rings is 1. The monoisotopic (exact) mass is 263 g/mol. The van der Waals surface area contributed by atoms with Gasteiger partial charge in [0.15, 0.2) is 0 Å². The lowest BCUT2D eigenvalue weighted by molar-refractivity contribution is -0.385. The highest BCUT2D eigenvalue weighted by Crippen LogP contribution is 2.36. The Morgan fingerprint density at radius 2 is 2.26 bits per heavy atom. The highest BCUT2D eigenvalue weighted by atomic mass is 16.6. The Hall–Kier alpha value is -1.65. The minimum Gasteiger partial charge on any atom is -0.367 e. The Morgan fingerprint density at radius 1 is 1.53 bits per heavy atom. The van der Waals surface area contributed by atoms with E-state index in [-0.39, 0.29) is 5.69 Å².